The fraction of sp³-hybridized carbons (Fsp3) is 0.906. The number of hydrogen-bond donors (Lipinski definition) is 2. The van der Waals surface area contributed by atoms with Crippen LogP contribution in [0.15, 0.2) is 0 Å². The van der Waals surface area contributed by atoms with Crippen LogP contribution in [0.25, 0.3) is 0 Å². The number of carbonyl (C=O) groups is 3. The van der Waals surface area contributed by atoms with Gasteiger partial charge in [0.05, 0.1) is 26.4 Å². The summed E-state index contributed by atoms with van der Waals surface area (Å²) in [4.78, 5) is 36.9. The van der Waals surface area contributed by atoms with Crippen LogP contribution in [0, 0.1) is 32.5 Å². The van der Waals surface area contributed by atoms with Crippen LogP contribution in [0.2, 0.25) is 0 Å². The van der Waals surface area contributed by atoms with E-state index in [0.29, 0.717) is 52.4 Å². The molecule has 0 aromatic carbocycles. The number of ketones is 1. The van der Waals surface area contributed by atoms with Gasteiger partial charge in [-0.15, -0.1) is 0 Å². The molecule has 0 fully saturated rings. The van der Waals surface area contributed by atoms with Crippen LogP contribution in [-0.2, 0) is 23.9 Å². The molecule has 0 radical (unpaired) electrons. The van der Waals surface area contributed by atoms with E-state index in [1.54, 1.807) is 6.92 Å². The summed E-state index contributed by atoms with van der Waals surface area (Å²) in [5.74, 6) is 0.212. The first kappa shape index (κ1) is 37.5. The first-order valence-electron chi connectivity index (χ1n) is 14.5. The normalized spacial score (nSPS) is 13.8. The molecule has 0 spiro atoms. The maximum atomic E-state index is 12.8. The van der Waals surface area contributed by atoms with Gasteiger partial charge in [-0.05, 0) is 29.6 Å². The zero-order valence-corrected chi connectivity index (χ0v) is 27.9. The molecule has 0 atom stereocenters. The number of ether oxygens (including phenoxy) is 2. The standard InChI is InChI=1S/C32H62N2O5/c1-24(35)15-28(5,6)20-38-22-30(9,10)18-33-25(36)16-29(7,8)21-39-23-31(11,12)19-34-26(37)32(13,14)17-27(2,3)4/h15-23H2,1-14H3,(H,33,36)(H,34,37). The fourth-order valence-corrected chi connectivity index (χ4v) is 4.89. The predicted octanol–water partition coefficient (Wildman–Crippen LogP) is 6.19. The van der Waals surface area contributed by atoms with E-state index in [9.17, 15) is 14.4 Å². The number of amides is 2. The van der Waals surface area contributed by atoms with Gasteiger partial charge in [0.1, 0.15) is 5.78 Å². The molecule has 230 valence electrons. The lowest BCUT2D eigenvalue weighted by Crippen LogP contribution is -2.44. The van der Waals surface area contributed by atoms with Gasteiger partial charge in [-0.3, -0.25) is 9.59 Å². The van der Waals surface area contributed by atoms with Gasteiger partial charge in [0, 0.05) is 42.2 Å². The van der Waals surface area contributed by atoms with Crippen LogP contribution in [0.3, 0.4) is 0 Å². The average Bonchev–Trinajstić information content (AvgIpc) is 2.66. The van der Waals surface area contributed by atoms with E-state index in [0.717, 1.165) is 6.42 Å². The summed E-state index contributed by atoms with van der Waals surface area (Å²) in [5, 5.41) is 6.17. The Bertz CT molecular complexity index is 804. The lowest BCUT2D eigenvalue weighted by molar-refractivity contribution is -0.131. The van der Waals surface area contributed by atoms with Crippen molar-refractivity contribution >= 4 is 17.6 Å². The van der Waals surface area contributed by atoms with E-state index in [-0.39, 0.29) is 44.7 Å². The first-order chi connectivity index (χ1) is 17.3. The van der Waals surface area contributed by atoms with Gasteiger partial charge in [-0.2, -0.15) is 0 Å². The minimum Gasteiger partial charge on any atom is -0.380 e. The molecule has 0 aromatic rings. The highest BCUT2D eigenvalue weighted by Crippen LogP contribution is 2.33. The lowest BCUT2D eigenvalue weighted by Gasteiger charge is -2.33. The molecular formula is C32H62N2O5. The van der Waals surface area contributed by atoms with Crippen molar-refractivity contribution in [1.29, 1.82) is 0 Å². The van der Waals surface area contributed by atoms with Crippen molar-refractivity contribution < 1.29 is 23.9 Å². The summed E-state index contributed by atoms with van der Waals surface area (Å²) >= 11 is 0. The molecule has 0 bridgehead atoms. The third-order valence-electron chi connectivity index (χ3n) is 6.42. The highest BCUT2D eigenvalue weighted by atomic mass is 16.5. The third kappa shape index (κ3) is 18.5. The van der Waals surface area contributed by atoms with Crippen molar-refractivity contribution in [3.05, 3.63) is 0 Å². The Morgan fingerprint density at radius 3 is 1.36 bits per heavy atom. The van der Waals surface area contributed by atoms with Gasteiger partial charge in [-0.25, -0.2) is 0 Å². The number of Topliss-reactive ketones (excluding diaryl/α,β-unsaturated/α-hetero) is 1. The van der Waals surface area contributed by atoms with Crippen molar-refractivity contribution in [3.63, 3.8) is 0 Å². The van der Waals surface area contributed by atoms with Crippen LogP contribution >= 0.6 is 0 Å². The Hall–Kier alpha value is -1.47. The smallest absolute Gasteiger partial charge is 0.225 e. The zero-order chi connectivity index (χ0) is 30.9. The van der Waals surface area contributed by atoms with E-state index < -0.39 is 5.41 Å². The Balaban J connectivity index is 4.53. The number of carbonyl (C=O) groups excluding carboxylic acids is 3. The third-order valence-corrected chi connectivity index (χ3v) is 6.42. The fourth-order valence-electron chi connectivity index (χ4n) is 4.89. The van der Waals surface area contributed by atoms with Crippen molar-refractivity contribution in [2.45, 2.75) is 116 Å². The molecule has 0 saturated carbocycles. The molecule has 0 saturated heterocycles. The summed E-state index contributed by atoms with van der Waals surface area (Å²) in [6, 6.07) is 0. The Morgan fingerprint density at radius 2 is 0.949 bits per heavy atom. The monoisotopic (exact) mass is 554 g/mol. The van der Waals surface area contributed by atoms with Crippen LogP contribution < -0.4 is 10.6 Å². The predicted molar refractivity (Wildman–Crippen MR) is 161 cm³/mol. The number of rotatable bonds is 18. The molecule has 0 aromatic heterocycles. The summed E-state index contributed by atoms with van der Waals surface area (Å²) in [7, 11) is 0. The summed E-state index contributed by atoms with van der Waals surface area (Å²) < 4.78 is 12.0. The molecule has 0 aliphatic carbocycles. The largest absolute Gasteiger partial charge is 0.380 e. The second kappa shape index (κ2) is 14.4. The van der Waals surface area contributed by atoms with Gasteiger partial charge in [0.25, 0.3) is 0 Å². The molecule has 2 N–H and O–H groups in total. The molecule has 7 heteroatoms. The SMILES string of the molecule is CC(=O)CC(C)(C)COCC(C)(C)CNC(=O)CC(C)(C)COCC(C)(C)CNC(=O)C(C)(C)CC(C)(C)C. The minimum atomic E-state index is -0.433. The second-order valence-corrected chi connectivity index (χ2v) is 16.8. The van der Waals surface area contributed by atoms with E-state index >= 15 is 0 Å². The Morgan fingerprint density at radius 1 is 0.564 bits per heavy atom. The van der Waals surface area contributed by atoms with E-state index in [4.69, 9.17) is 9.47 Å². The van der Waals surface area contributed by atoms with Crippen LogP contribution in [-0.4, -0.2) is 57.1 Å². The maximum Gasteiger partial charge on any atom is 0.225 e. The molecule has 0 heterocycles. The van der Waals surface area contributed by atoms with Crippen molar-refractivity contribution in [2.75, 3.05) is 39.5 Å². The molecule has 0 unspecified atom stereocenters. The topological polar surface area (TPSA) is 93.7 Å². The van der Waals surface area contributed by atoms with Gasteiger partial charge < -0.3 is 24.9 Å². The number of nitrogens with one attached hydrogen (secondary N) is 2. The molecular weight excluding hydrogens is 492 g/mol. The van der Waals surface area contributed by atoms with Crippen molar-refractivity contribution in [1.82, 2.24) is 10.6 Å². The lowest BCUT2D eigenvalue weighted by atomic mass is 9.75. The van der Waals surface area contributed by atoms with Crippen LogP contribution in [0.5, 0.6) is 0 Å². The minimum absolute atomic E-state index is 0.0128. The second-order valence-electron chi connectivity index (χ2n) is 16.8. The first-order valence-corrected chi connectivity index (χ1v) is 14.5. The molecule has 39 heavy (non-hydrogen) atoms. The molecule has 0 rings (SSSR count). The van der Waals surface area contributed by atoms with Crippen molar-refractivity contribution in [3.8, 4) is 0 Å². The number of hydrogen-bond acceptors (Lipinski definition) is 5. The van der Waals surface area contributed by atoms with E-state index in [2.05, 4.69) is 59.1 Å². The maximum absolute atomic E-state index is 12.8. The van der Waals surface area contributed by atoms with Crippen molar-refractivity contribution in [2.24, 2.45) is 32.5 Å². The molecule has 2 amide bonds. The van der Waals surface area contributed by atoms with E-state index in [1.165, 1.54) is 0 Å². The molecule has 7 nitrogen and oxygen atoms in total. The quantitative estimate of drug-likeness (QED) is 0.211. The average molecular weight is 555 g/mol. The summed E-state index contributed by atoms with van der Waals surface area (Å²) in [6.45, 7) is 31.4. The Kier molecular flexibility index (Phi) is 13.9. The highest BCUT2D eigenvalue weighted by Gasteiger charge is 2.34. The van der Waals surface area contributed by atoms with Crippen LogP contribution in [0.1, 0.15) is 116 Å². The Labute approximate surface area is 240 Å². The van der Waals surface area contributed by atoms with E-state index in [1.807, 2.05) is 41.5 Å². The summed E-state index contributed by atoms with van der Waals surface area (Å²) in [6.07, 6.45) is 1.65. The zero-order valence-electron chi connectivity index (χ0n) is 27.9. The molecule has 0 aliphatic heterocycles. The van der Waals surface area contributed by atoms with Gasteiger partial charge in [-0.1, -0.05) is 90.0 Å². The van der Waals surface area contributed by atoms with Crippen LogP contribution in [0.4, 0.5) is 0 Å². The highest BCUT2D eigenvalue weighted by molar-refractivity contribution is 5.81. The molecule has 0 aliphatic rings. The van der Waals surface area contributed by atoms with Gasteiger partial charge in [0.15, 0.2) is 0 Å². The van der Waals surface area contributed by atoms with Gasteiger partial charge in [0.2, 0.25) is 11.8 Å². The summed E-state index contributed by atoms with van der Waals surface area (Å²) in [5.41, 5.74) is -1.33. The van der Waals surface area contributed by atoms with Gasteiger partial charge >= 0.3 is 0 Å².